The SMILES string of the molecule is O=C(O)NC(CO)CC1CCNC1=O. The predicted octanol–water partition coefficient (Wildman–Crippen LogP) is -0.859. The van der Waals surface area contributed by atoms with Gasteiger partial charge in [0.05, 0.1) is 12.6 Å². The van der Waals surface area contributed by atoms with E-state index in [2.05, 4.69) is 10.6 Å². The molecule has 0 aliphatic carbocycles. The molecule has 1 fully saturated rings. The molecule has 4 N–H and O–H groups in total. The van der Waals surface area contributed by atoms with Gasteiger partial charge in [-0.15, -0.1) is 0 Å². The first kappa shape index (κ1) is 10.8. The van der Waals surface area contributed by atoms with E-state index in [0.717, 1.165) is 0 Å². The molecule has 80 valence electrons. The molecule has 0 saturated carbocycles. The van der Waals surface area contributed by atoms with Gasteiger partial charge in [0.25, 0.3) is 0 Å². The van der Waals surface area contributed by atoms with Crippen molar-refractivity contribution in [3.63, 3.8) is 0 Å². The predicted molar refractivity (Wildman–Crippen MR) is 47.8 cm³/mol. The molecule has 2 amide bonds. The van der Waals surface area contributed by atoms with Crippen LogP contribution in [0.4, 0.5) is 4.79 Å². The molecule has 0 aromatic rings. The van der Waals surface area contributed by atoms with Crippen LogP contribution in [0, 0.1) is 5.92 Å². The third kappa shape index (κ3) is 2.88. The van der Waals surface area contributed by atoms with Crippen molar-refractivity contribution in [2.45, 2.75) is 18.9 Å². The Labute approximate surface area is 81.3 Å². The third-order valence-corrected chi connectivity index (χ3v) is 2.28. The van der Waals surface area contributed by atoms with Gasteiger partial charge in [0.15, 0.2) is 0 Å². The molecule has 0 radical (unpaired) electrons. The van der Waals surface area contributed by atoms with Crippen molar-refractivity contribution in [2.75, 3.05) is 13.2 Å². The fraction of sp³-hybridized carbons (Fsp3) is 0.750. The van der Waals surface area contributed by atoms with Crippen molar-refractivity contribution in [3.05, 3.63) is 0 Å². The largest absolute Gasteiger partial charge is 0.465 e. The second-order valence-corrected chi connectivity index (χ2v) is 3.34. The highest BCUT2D eigenvalue weighted by Gasteiger charge is 2.27. The van der Waals surface area contributed by atoms with E-state index in [-0.39, 0.29) is 18.4 Å². The zero-order valence-corrected chi connectivity index (χ0v) is 7.69. The van der Waals surface area contributed by atoms with Gasteiger partial charge in [-0.3, -0.25) is 4.79 Å². The van der Waals surface area contributed by atoms with Gasteiger partial charge in [-0.2, -0.15) is 0 Å². The van der Waals surface area contributed by atoms with E-state index in [1.54, 1.807) is 0 Å². The average molecular weight is 202 g/mol. The first-order valence-corrected chi connectivity index (χ1v) is 4.51. The number of aliphatic hydroxyl groups is 1. The van der Waals surface area contributed by atoms with Crippen molar-refractivity contribution in [1.82, 2.24) is 10.6 Å². The van der Waals surface area contributed by atoms with E-state index in [4.69, 9.17) is 10.2 Å². The summed E-state index contributed by atoms with van der Waals surface area (Å²) in [5, 5.41) is 22.1. The molecule has 0 bridgehead atoms. The van der Waals surface area contributed by atoms with E-state index in [1.165, 1.54) is 0 Å². The summed E-state index contributed by atoms with van der Waals surface area (Å²) >= 11 is 0. The molecule has 2 unspecified atom stereocenters. The van der Waals surface area contributed by atoms with Gasteiger partial charge in [0, 0.05) is 12.5 Å². The summed E-state index contributed by atoms with van der Waals surface area (Å²) in [7, 11) is 0. The molecule has 1 rings (SSSR count). The van der Waals surface area contributed by atoms with E-state index in [1.807, 2.05) is 0 Å². The summed E-state index contributed by atoms with van der Waals surface area (Å²) in [5.41, 5.74) is 0. The lowest BCUT2D eigenvalue weighted by Crippen LogP contribution is -2.39. The van der Waals surface area contributed by atoms with Crippen LogP contribution in [0.5, 0.6) is 0 Å². The minimum absolute atomic E-state index is 0.0596. The first-order valence-electron chi connectivity index (χ1n) is 4.51. The zero-order chi connectivity index (χ0) is 10.6. The van der Waals surface area contributed by atoms with Gasteiger partial charge in [0.2, 0.25) is 5.91 Å². The number of rotatable bonds is 4. The molecule has 0 spiro atoms. The molecule has 1 heterocycles. The molecule has 1 aliphatic heterocycles. The lowest BCUT2D eigenvalue weighted by molar-refractivity contribution is -0.122. The minimum atomic E-state index is -1.18. The Morgan fingerprint density at radius 2 is 2.43 bits per heavy atom. The van der Waals surface area contributed by atoms with Crippen LogP contribution in [0.1, 0.15) is 12.8 Å². The van der Waals surface area contributed by atoms with Crippen LogP contribution in [-0.4, -0.2) is 41.4 Å². The molecular formula is C8H14N2O4. The number of hydrogen-bond donors (Lipinski definition) is 4. The van der Waals surface area contributed by atoms with Crippen LogP contribution in [0.3, 0.4) is 0 Å². The second-order valence-electron chi connectivity index (χ2n) is 3.34. The Morgan fingerprint density at radius 3 is 2.86 bits per heavy atom. The molecule has 14 heavy (non-hydrogen) atoms. The van der Waals surface area contributed by atoms with E-state index < -0.39 is 12.1 Å². The van der Waals surface area contributed by atoms with Crippen LogP contribution in [-0.2, 0) is 4.79 Å². The van der Waals surface area contributed by atoms with Crippen LogP contribution < -0.4 is 10.6 Å². The van der Waals surface area contributed by atoms with Gasteiger partial charge in [-0.05, 0) is 12.8 Å². The summed E-state index contributed by atoms with van der Waals surface area (Å²) in [6.45, 7) is 0.352. The summed E-state index contributed by atoms with van der Waals surface area (Å²) < 4.78 is 0. The Morgan fingerprint density at radius 1 is 1.71 bits per heavy atom. The second kappa shape index (κ2) is 4.80. The normalized spacial score (nSPS) is 22.9. The smallest absolute Gasteiger partial charge is 0.404 e. The molecule has 1 saturated heterocycles. The first-order chi connectivity index (χ1) is 6.63. The lowest BCUT2D eigenvalue weighted by Gasteiger charge is -2.16. The maximum atomic E-state index is 11.1. The van der Waals surface area contributed by atoms with Crippen LogP contribution in [0.2, 0.25) is 0 Å². The highest BCUT2D eigenvalue weighted by Crippen LogP contribution is 2.15. The summed E-state index contributed by atoms with van der Waals surface area (Å²) in [4.78, 5) is 21.4. The minimum Gasteiger partial charge on any atom is -0.465 e. The molecule has 6 heteroatoms. The number of carboxylic acid groups (broad SMARTS) is 1. The number of hydrogen-bond acceptors (Lipinski definition) is 3. The number of aliphatic hydroxyl groups excluding tert-OH is 1. The van der Waals surface area contributed by atoms with Gasteiger partial charge in [0.1, 0.15) is 0 Å². The van der Waals surface area contributed by atoms with Gasteiger partial charge >= 0.3 is 6.09 Å². The average Bonchev–Trinajstić information content (AvgIpc) is 2.50. The Balaban J connectivity index is 2.39. The van der Waals surface area contributed by atoms with E-state index in [0.29, 0.717) is 19.4 Å². The van der Waals surface area contributed by atoms with Crippen LogP contribution >= 0.6 is 0 Å². The van der Waals surface area contributed by atoms with Gasteiger partial charge in [-0.1, -0.05) is 0 Å². The molecular weight excluding hydrogens is 188 g/mol. The number of amides is 2. The Hall–Kier alpha value is -1.30. The highest BCUT2D eigenvalue weighted by molar-refractivity contribution is 5.80. The molecule has 0 aromatic carbocycles. The number of nitrogens with one attached hydrogen (secondary N) is 2. The Bertz CT molecular complexity index is 231. The zero-order valence-electron chi connectivity index (χ0n) is 7.69. The van der Waals surface area contributed by atoms with Crippen molar-refractivity contribution >= 4 is 12.0 Å². The molecule has 6 nitrogen and oxygen atoms in total. The quantitative estimate of drug-likeness (QED) is 0.476. The summed E-state index contributed by atoms with van der Waals surface area (Å²) in [6, 6.07) is -0.554. The third-order valence-electron chi connectivity index (χ3n) is 2.28. The van der Waals surface area contributed by atoms with Crippen molar-refractivity contribution < 1.29 is 19.8 Å². The van der Waals surface area contributed by atoms with Gasteiger partial charge in [-0.25, -0.2) is 4.79 Å². The number of carbonyl (C=O) groups excluding carboxylic acids is 1. The van der Waals surface area contributed by atoms with Crippen molar-refractivity contribution in [1.29, 1.82) is 0 Å². The molecule has 2 atom stereocenters. The summed E-state index contributed by atoms with van der Waals surface area (Å²) in [6.07, 6.45) is -0.118. The fourth-order valence-corrected chi connectivity index (χ4v) is 1.57. The van der Waals surface area contributed by atoms with Crippen molar-refractivity contribution in [2.24, 2.45) is 5.92 Å². The van der Waals surface area contributed by atoms with E-state index >= 15 is 0 Å². The lowest BCUT2D eigenvalue weighted by atomic mass is 9.99. The van der Waals surface area contributed by atoms with Gasteiger partial charge < -0.3 is 20.8 Å². The van der Waals surface area contributed by atoms with Crippen LogP contribution in [0.15, 0.2) is 0 Å². The maximum absolute atomic E-state index is 11.1. The maximum Gasteiger partial charge on any atom is 0.404 e. The number of carbonyl (C=O) groups is 2. The van der Waals surface area contributed by atoms with E-state index in [9.17, 15) is 9.59 Å². The topological polar surface area (TPSA) is 98.7 Å². The molecule has 1 aliphatic rings. The highest BCUT2D eigenvalue weighted by atomic mass is 16.4. The van der Waals surface area contributed by atoms with Crippen molar-refractivity contribution in [3.8, 4) is 0 Å². The Kier molecular flexibility index (Phi) is 3.70. The summed E-state index contributed by atoms with van der Waals surface area (Å²) in [5.74, 6) is -0.241. The monoisotopic (exact) mass is 202 g/mol. The standard InChI is InChI=1S/C8H14N2O4/c11-4-6(10-8(13)14)3-5-1-2-9-7(5)12/h5-6,10-11H,1-4H2,(H,9,12)(H,13,14). The van der Waals surface area contributed by atoms with Crippen LogP contribution in [0.25, 0.3) is 0 Å². The molecule has 0 aromatic heterocycles. The fourth-order valence-electron chi connectivity index (χ4n) is 1.57.